The van der Waals surface area contributed by atoms with Crippen molar-refractivity contribution >= 4 is 17.3 Å². The van der Waals surface area contributed by atoms with E-state index in [1.807, 2.05) is 20.0 Å². The number of benzene rings is 1. The number of nitrogens with zero attached hydrogens (tertiary/aromatic N) is 2. The van der Waals surface area contributed by atoms with E-state index < -0.39 is 6.61 Å². The van der Waals surface area contributed by atoms with Crippen molar-refractivity contribution in [2.45, 2.75) is 40.3 Å². The van der Waals surface area contributed by atoms with E-state index in [-0.39, 0.29) is 11.5 Å². The first-order valence-corrected chi connectivity index (χ1v) is 9.97. The van der Waals surface area contributed by atoms with Gasteiger partial charge in [0, 0.05) is 30.6 Å². The fourth-order valence-corrected chi connectivity index (χ4v) is 3.22. The second-order valence-corrected chi connectivity index (χ2v) is 7.15. The number of rotatable bonds is 10. The lowest BCUT2D eigenvalue weighted by molar-refractivity contribution is -0.0514. The van der Waals surface area contributed by atoms with E-state index in [2.05, 4.69) is 25.3 Å². The summed E-state index contributed by atoms with van der Waals surface area (Å²) in [7, 11) is 0. The number of guanidine groups is 1. The van der Waals surface area contributed by atoms with Crippen LogP contribution in [0.3, 0.4) is 0 Å². The first-order valence-electron chi connectivity index (χ1n) is 9.15. The third-order valence-corrected chi connectivity index (χ3v) is 4.56. The molecule has 2 N–H and O–H groups in total. The maximum Gasteiger partial charge on any atom is 0.387 e. The quantitative estimate of drug-likeness (QED) is 0.460. The summed E-state index contributed by atoms with van der Waals surface area (Å²) in [5.41, 5.74) is 0.831. The predicted molar refractivity (Wildman–Crippen MR) is 108 cm³/mol. The molecule has 1 aromatic carbocycles. The molecule has 0 aliphatic heterocycles. The van der Waals surface area contributed by atoms with Gasteiger partial charge in [0.2, 0.25) is 0 Å². The molecular formula is C19H26F2N4O2S. The van der Waals surface area contributed by atoms with Crippen LogP contribution >= 0.6 is 11.3 Å². The topological polar surface area (TPSA) is 67.8 Å². The van der Waals surface area contributed by atoms with Crippen LogP contribution in [-0.4, -0.2) is 37.3 Å². The maximum absolute atomic E-state index is 12.5. The lowest BCUT2D eigenvalue weighted by Crippen LogP contribution is -2.38. The molecule has 0 amide bonds. The average Bonchev–Trinajstić information content (AvgIpc) is 3.06. The summed E-state index contributed by atoms with van der Waals surface area (Å²) >= 11 is 1.68. The molecular weight excluding hydrogens is 386 g/mol. The molecule has 0 unspecified atom stereocenters. The molecule has 2 rings (SSSR count). The molecule has 1 aromatic heterocycles. The molecule has 2 aromatic rings. The zero-order chi connectivity index (χ0) is 20.4. The Hall–Kier alpha value is -2.42. The van der Waals surface area contributed by atoms with Crippen LogP contribution in [-0.2, 0) is 13.0 Å². The molecule has 0 atom stereocenters. The summed E-state index contributed by atoms with van der Waals surface area (Å²) in [4.78, 5) is 10.1. The molecule has 0 saturated carbocycles. The van der Waals surface area contributed by atoms with Crippen LogP contribution in [0.5, 0.6) is 11.5 Å². The minimum atomic E-state index is -2.89. The van der Waals surface area contributed by atoms with E-state index in [1.165, 1.54) is 10.9 Å². The highest BCUT2D eigenvalue weighted by atomic mass is 32.1. The lowest BCUT2D eigenvalue weighted by atomic mass is 10.2. The summed E-state index contributed by atoms with van der Waals surface area (Å²) in [5, 5.41) is 7.55. The minimum absolute atomic E-state index is 0.0216. The van der Waals surface area contributed by atoms with Crippen LogP contribution < -0.4 is 20.1 Å². The van der Waals surface area contributed by atoms with E-state index in [0.29, 0.717) is 25.7 Å². The van der Waals surface area contributed by atoms with Crippen LogP contribution in [0.15, 0.2) is 29.4 Å². The van der Waals surface area contributed by atoms with Crippen molar-refractivity contribution in [1.29, 1.82) is 0 Å². The Morgan fingerprint density at radius 2 is 2.07 bits per heavy atom. The molecule has 0 aliphatic rings. The highest BCUT2D eigenvalue weighted by Crippen LogP contribution is 2.30. The van der Waals surface area contributed by atoms with E-state index >= 15 is 0 Å². The molecule has 1 heterocycles. The second kappa shape index (κ2) is 11.4. The second-order valence-electron chi connectivity index (χ2n) is 5.83. The van der Waals surface area contributed by atoms with Crippen molar-refractivity contribution < 1.29 is 18.3 Å². The normalized spacial score (nSPS) is 11.6. The Bertz CT molecular complexity index is 768. The Morgan fingerprint density at radius 3 is 2.71 bits per heavy atom. The number of ether oxygens (including phenoxy) is 2. The third kappa shape index (κ3) is 7.30. The van der Waals surface area contributed by atoms with Gasteiger partial charge < -0.3 is 20.1 Å². The Morgan fingerprint density at radius 1 is 1.25 bits per heavy atom. The first-order chi connectivity index (χ1) is 13.5. The van der Waals surface area contributed by atoms with Crippen molar-refractivity contribution in [3.05, 3.63) is 39.8 Å². The monoisotopic (exact) mass is 412 g/mol. The van der Waals surface area contributed by atoms with Crippen LogP contribution in [0, 0.1) is 6.92 Å². The van der Waals surface area contributed by atoms with Crippen molar-refractivity contribution in [3.8, 4) is 11.5 Å². The van der Waals surface area contributed by atoms with Gasteiger partial charge >= 0.3 is 6.61 Å². The number of aliphatic imine (C=N–C) groups is 1. The van der Waals surface area contributed by atoms with E-state index in [4.69, 9.17) is 4.74 Å². The van der Waals surface area contributed by atoms with Gasteiger partial charge in [0.05, 0.1) is 18.2 Å². The lowest BCUT2D eigenvalue weighted by Gasteiger charge is -2.13. The summed E-state index contributed by atoms with van der Waals surface area (Å²) in [6.07, 6.45) is 2.69. The van der Waals surface area contributed by atoms with Gasteiger partial charge in [0.1, 0.15) is 0 Å². The number of thiazole rings is 1. The van der Waals surface area contributed by atoms with E-state index in [1.54, 1.807) is 30.4 Å². The number of aromatic nitrogens is 1. The van der Waals surface area contributed by atoms with Crippen LogP contribution in [0.1, 0.15) is 29.3 Å². The molecule has 0 saturated heterocycles. The van der Waals surface area contributed by atoms with E-state index in [0.717, 1.165) is 23.5 Å². The standard InChI is InChI=1S/C19H26F2N4O2S/c1-4-22-19(23-9-8-17-24-11-13(3)28-17)25-12-14-6-7-15(27-18(20)21)16(10-14)26-5-2/h6-7,10-11,18H,4-5,8-9,12H2,1-3H3,(H2,22,23,25). The molecule has 154 valence electrons. The van der Waals surface area contributed by atoms with Crippen molar-refractivity contribution in [3.63, 3.8) is 0 Å². The molecule has 0 spiro atoms. The van der Waals surface area contributed by atoms with Gasteiger partial charge in [-0.1, -0.05) is 6.07 Å². The van der Waals surface area contributed by atoms with Crippen LogP contribution in [0.25, 0.3) is 0 Å². The van der Waals surface area contributed by atoms with Gasteiger partial charge in [-0.15, -0.1) is 11.3 Å². The first kappa shape index (κ1) is 21.9. The summed E-state index contributed by atoms with van der Waals surface area (Å²) < 4.78 is 34.9. The van der Waals surface area contributed by atoms with Gasteiger partial charge in [-0.05, 0) is 38.5 Å². The number of halogens is 2. The smallest absolute Gasteiger partial charge is 0.387 e. The number of nitrogens with one attached hydrogen (secondary N) is 2. The molecule has 0 bridgehead atoms. The molecule has 0 fully saturated rings. The number of hydrogen-bond acceptors (Lipinski definition) is 5. The van der Waals surface area contributed by atoms with Crippen molar-refractivity contribution in [1.82, 2.24) is 15.6 Å². The third-order valence-electron chi connectivity index (χ3n) is 3.59. The largest absolute Gasteiger partial charge is 0.490 e. The van der Waals surface area contributed by atoms with Gasteiger partial charge in [-0.3, -0.25) is 0 Å². The Balaban J connectivity index is 1.99. The SMILES string of the molecule is CCNC(=NCc1ccc(OC(F)F)c(OCC)c1)NCCc1ncc(C)s1. The van der Waals surface area contributed by atoms with Gasteiger partial charge in [0.15, 0.2) is 17.5 Å². The highest BCUT2D eigenvalue weighted by Gasteiger charge is 2.11. The average molecular weight is 413 g/mol. The Labute approximate surface area is 168 Å². The summed E-state index contributed by atoms with van der Waals surface area (Å²) in [6.45, 7) is 5.09. The fourth-order valence-electron chi connectivity index (χ4n) is 2.43. The van der Waals surface area contributed by atoms with Gasteiger partial charge in [-0.25, -0.2) is 9.98 Å². The molecule has 6 nitrogen and oxygen atoms in total. The van der Waals surface area contributed by atoms with Crippen molar-refractivity contribution in [2.75, 3.05) is 19.7 Å². The molecule has 0 radical (unpaired) electrons. The zero-order valence-electron chi connectivity index (χ0n) is 16.3. The zero-order valence-corrected chi connectivity index (χ0v) is 17.1. The summed E-state index contributed by atoms with van der Waals surface area (Å²) in [6, 6.07) is 4.85. The fraction of sp³-hybridized carbons (Fsp3) is 0.474. The maximum atomic E-state index is 12.5. The molecule has 0 aliphatic carbocycles. The number of aryl methyl sites for hydroxylation is 1. The number of alkyl halides is 2. The van der Waals surface area contributed by atoms with Crippen LogP contribution in [0.4, 0.5) is 8.78 Å². The molecule has 28 heavy (non-hydrogen) atoms. The summed E-state index contributed by atoms with van der Waals surface area (Å²) in [5.74, 6) is 0.989. The van der Waals surface area contributed by atoms with E-state index in [9.17, 15) is 8.78 Å². The minimum Gasteiger partial charge on any atom is -0.490 e. The predicted octanol–water partition coefficient (Wildman–Crippen LogP) is 3.75. The van der Waals surface area contributed by atoms with Crippen molar-refractivity contribution in [2.24, 2.45) is 4.99 Å². The number of hydrogen-bond donors (Lipinski definition) is 2. The van der Waals surface area contributed by atoms with Gasteiger partial charge in [0.25, 0.3) is 0 Å². The Kier molecular flexibility index (Phi) is 8.93. The van der Waals surface area contributed by atoms with Gasteiger partial charge in [-0.2, -0.15) is 8.78 Å². The molecule has 9 heteroatoms. The highest BCUT2D eigenvalue weighted by molar-refractivity contribution is 7.11. The van der Waals surface area contributed by atoms with Crippen LogP contribution in [0.2, 0.25) is 0 Å².